The maximum absolute atomic E-state index is 12.6. The molecular formula is C16H24N2O5S. The number of sulfonamides is 1. The first-order valence-corrected chi connectivity index (χ1v) is 9.40. The van der Waals surface area contributed by atoms with Crippen LogP contribution in [0.5, 0.6) is 11.5 Å². The predicted molar refractivity (Wildman–Crippen MR) is 89.8 cm³/mol. The average molecular weight is 356 g/mol. The lowest BCUT2D eigenvalue weighted by Crippen LogP contribution is -2.48. The van der Waals surface area contributed by atoms with Gasteiger partial charge in [-0.1, -0.05) is 0 Å². The van der Waals surface area contributed by atoms with Gasteiger partial charge in [0.05, 0.1) is 20.3 Å². The highest BCUT2D eigenvalue weighted by atomic mass is 32.2. The maximum Gasteiger partial charge on any atom is 0.244 e. The van der Waals surface area contributed by atoms with Crippen LogP contribution in [0.25, 0.3) is 0 Å². The Morgan fingerprint density at radius 1 is 1.17 bits per heavy atom. The zero-order valence-electron chi connectivity index (χ0n) is 14.2. The topological polar surface area (TPSA) is 84.9 Å². The number of hydrogen-bond donors (Lipinski definition) is 1. The predicted octanol–water partition coefficient (Wildman–Crippen LogP) is 1.38. The number of ether oxygens (including phenoxy) is 2. The molecule has 1 aliphatic rings. The molecule has 134 valence electrons. The minimum atomic E-state index is -3.89. The van der Waals surface area contributed by atoms with Crippen LogP contribution in [0.1, 0.15) is 26.2 Å². The largest absolute Gasteiger partial charge is 0.497 e. The summed E-state index contributed by atoms with van der Waals surface area (Å²) in [6.07, 6.45) is 3.02. The molecule has 1 aromatic rings. The fourth-order valence-corrected chi connectivity index (χ4v) is 4.08. The molecule has 7 nitrogen and oxygen atoms in total. The molecule has 24 heavy (non-hydrogen) atoms. The highest BCUT2D eigenvalue weighted by Gasteiger charge is 2.28. The van der Waals surface area contributed by atoms with Crippen molar-refractivity contribution in [2.75, 3.05) is 27.3 Å². The monoisotopic (exact) mass is 356 g/mol. The molecule has 0 unspecified atom stereocenters. The first-order chi connectivity index (χ1) is 11.4. The van der Waals surface area contributed by atoms with Crippen LogP contribution in [0.3, 0.4) is 0 Å². The van der Waals surface area contributed by atoms with Crippen LogP contribution < -0.4 is 14.2 Å². The molecule has 0 aromatic heterocycles. The van der Waals surface area contributed by atoms with Gasteiger partial charge in [-0.05, 0) is 38.3 Å². The van der Waals surface area contributed by atoms with Gasteiger partial charge in [-0.3, -0.25) is 4.79 Å². The molecule has 1 aromatic carbocycles. The van der Waals surface area contributed by atoms with E-state index >= 15 is 0 Å². The Morgan fingerprint density at radius 3 is 2.42 bits per heavy atom. The summed E-state index contributed by atoms with van der Waals surface area (Å²) in [5, 5.41) is 0. The van der Waals surface area contributed by atoms with E-state index in [9.17, 15) is 13.2 Å². The number of piperidine rings is 1. The molecule has 1 amide bonds. The molecule has 1 saturated heterocycles. The molecule has 2 rings (SSSR count). The van der Waals surface area contributed by atoms with E-state index in [1.54, 1.807) is 11.8 Å². The van der Waals surface area contributed by atoms with Gasteiger partial charge in [0.15, 0.2) is 0 Å². The highest BCUT2D eigenvalue weighted by molar-refractivity contribution is 7.89. The number of rotatable bonds is 6. The van der Waals surface area contributed by atoms with Crippen LogP contribution in [0.4, 0.5) is 0 Å². The van der Waals surface area contributed by atoms with E-state index < -0.39 is 16.1 Å². The summed E-state index contributed by atoms with van der Waals surface area (Å²) in [7, 11) is -1.02. The molecule has 1 atom stereocenters. The van der Waals surface area contributed by atoms with Gasteiger partial charge in [-0.2, -0.15) is 4.72 Å². The summed E-state index contributed by atoms with van der Waals surface area (Å²) in [6, 6.07) is 3.60. The lowest BCUT2D eigenvalue weighted by Gasteiger charge is -2.29. The van der Waals surface area contributed by atoms with E-state index in [0.717, 1.165) is 19.3 Å². The number of amides is 1. The van der Waals surface area contributed by atoms with Crippen molar-refractivity contribution in [2.24, 2.45) is 0 Å². The molecule has 1 fully saturated rings. The molecule has 1 aliphatic heterocycles. The van der Waals surface area contributed by atoms with Gasteiger partial charge < -0.3 is 14.4 Å². The van der Waals surface area contributed by atoms with Crippen molar-refractivity contribution in [3.63, 3.8) is 0 Å². The maximum atomic E-state index is 12.6. The molecule has 1 heterocycles. The number of nitrogens with one attached hydrogen (secondary N) is 1. The molecule has 8 heteroatoms. The summed E-state index contributed by atoms with van der Waals surface area (Å²) in [5.74, 6) is 0.452. The average Bonchev–Trinajstić information content (AvgIpc) is 2.60. The Bertz CT molecular complexity index is 684. The van der Waals surface area contributed by atoms with Crippen molar-refractivity contribution < 1.29 is 22.7 Å². The molecule has 1 N–H and O–H groups in total. The minimum absolute atomic E-state index is 0.0240. The van der Waals surface area contributed by atoms with Gasteiger partial charge in [0.2, 0.25) is 15.9 Å². The van der Waals surface area contributed by atoms with Gasteiger partial charge in [-0.15, -0.1) is 0 Å². The molecule has 0 saturated carbocycles. The van der Waals surface area contributed by atoms with Crippen molar-refractivity contribution in [1.29, 1.82) is 0 Å². The Morgan fingerprint density at radius 2 is 1.83 bits per heavy atom. The van der Waals surface area contributed by atoms with Crippen molar-refractivity contribution in [3.8, 4) is 11.5 Å². The SMILES string of the molecule is COc1ccc(S(=O)(=O)N[C@@H](C)C(=O)N2CCCCC2)c(OC)c1. The van der Waals surface area contributed by atoms with Crippen LogP contribution in [0, 0.1) is 0 Å². The van der Waals surface area contributed by atoms with E-state index in [1.165, 1.54) is 32.4 Å². The van der Waals surface area contributed by atoms with Crippen LogP contribution >= 0.6 is 0 Å². The number of carbonyl (C=O) groups excluding carboxylic acids is 1. The van der Waals surface area contributed by atoms with Crippen molar-refractivity contribution in [1.82, 2.24) is 9.62 Å². The molecular weight excluding hydrogens is 332 g/mol. The van der Waals surface area contributed by atoms with Crippen molar-refractivity contribution >= 4 is 15.9 Å². The first-order valence-electron chi connectivity index (χ1n) is 7.92. The van der Waals surface area contributed by atoms with Crippen LogP contribution in [0.2, 0.25) is 0 Å². The highest BCUT2D eigenvalue weighted by Crippen LogP contribution is 2.28. The Labute approximate surface area is 143 Å². The van der Waals surface area contributed by atoms with E-state index in [-0.39, 0.29) is 16.6 Å². The second kappa shape index (κ2) is 7.85. The van der Waals surface area contributed by atoms with Crippen molar-refractivity contribution in [3.05, 3.63) is 18.2 Å². The number of benzene rings is 1. The van der Waals surface area contributed by atoms with Gasteiger partial charge >= 0.3 is 0 Å². The summed E-state index contributed by atoms with van der Waals surface area (Å²) in [5.41, 5.74) is 0. The fourth-order valence-electron chi connectivity index (χ4n) is 2.73. The second-order valence-corrected chi connectivity index (χ2v) is 7.43. The number of likely N-dealkylation sites (tertiary alicyclic amines) is 1. The lowest BCUT2D eigenvalue weighted by molar-refractivity contribution is -0.133. The summed E-state index contributed by atoms with van der Waals surface area (Å²) < 4.78 is 37.9. The zero-order chi connectivity index (χ0) is 17.7. The smallest absolute Gasteiger partial charge is 0.244 e. The Hall–Kier alpha value is -1.80. The van der Waals surface area contributed by atoms with Gasteiger partial charge in [0.25, 0.3) is 0 Å². The molecule has 0 aliphatic carbocycles. The standard InChI is InChI=1S/C16H24N2O5S/c1-12(16(19)18-9-5-4-6-10-18)17-24(20,21)15-8-7-13(22-2)11-14(15)23-3/h7-8,11-12,17H,4-6,9-10H2,1-3H3/t12-/m0/s1. The second-order valence-electron chi connectivity index (χ2n) is 5.75. The first kappa shape index (κ1) is 18.5. The van der Waals surface area contributed by atoms with Gasteiger partial charge in [-0.25, -0.2) is 8.42 Å². The Balaban J connectivity index is 2.16. The summed E-state index contributed by atoms with van der Waals surface area (Å²) >= 11 is 0. The van der Waals surface area contributed by atoms with E-state index in [1.807, 2.05) is 0 Å². The van der Waals surface area contributed by atoms with Crippen LogP contribution in [-0.2, 0) is 14.8 Å². The van der Waals surface area contributed by atoms with Gasteiger partial charge in [0.1, 0.15) is 16.4 Å². The van der Waals surface area contributed by atoms with E-state index in [4.69, 9.17) is 9.47 Å². The third-order valence-corrected chi connectivity index (χ3v) is 5.61. The number of methoxy groups -OCH3 is 2. The quantitative estimate of drug-likeness (QED) is 0.832. The van der Waals surface area contributed by atoms with E-state index in [2.05, 4.69) is 4.72 Å². The number of carbonyl (C=O) groups is 1. The third-order valence-electron chi connectivity index (χ3n) is 4.03. The molecule has 0 bridgehead atoms. The Kier molecular flexibility index (Phi) is 6.06. The number of nitrogens with zero attached hydrogens (tertiary/aromatic N) is 1. The summed E-state index contributed by atoms with van der Waals surface area (Å²) in [6.45, 7) is 2.91. The molecule has 0 spiro atoms. The fraction of sp³-hybridized carbons (Fsp3) is 0.562. The van der Waals surface area contributed by atoms with Crippen LogP contribution in [0.15, 0.2) is 23.1 Å². The van der Waals surface area contributed by atoms with E-state index in [0.29, 0.717) is 18.8 Å². The number of hydrogen-bond acceptors (Lipinski definition) is 5. The zero-order valence-corrected chi connectivity index (χ0v) is 15.1. The lowest BCUT2D eigenvalue weighted by atomic mass is 10.1. The van der Waals surface area contributed by atoms with Gasteiger partial charge in [0, 0.05) is 19.2 Å². The van der Waals surface area contributed by atoms with Crippen LogP contribution in [-0.4, -0.2) is 52.6 Å². The van der Waals surface area contributed by atoms with Crippen molar-refractivity contribution in [2.45, 2.75) is 37.1 Å². The third kappa shape index (κ3) is 4.18. The normalized spacial score (nSPS) is 16.5. The summed E-state index contributed by atoms with van der Waals surface area (Å²) in [4.78, 5) is 14.1. The molecule has 0 radical (unpaired) electrons. The minimum Gasteiger partial charge on any atom is -0.497 e.